The standard InChI is InChI=1S/C34H38N4O5/c1-41-27-8-6-7-24(17-27)23-37-32(39)34(38(33(37)40)14-11-26-21-35-31-10-5-4-9-30(26)31)12-15-36(16-13-34)22-25-18-28(42-2)20-29(19-25)43-3/h4-10,17-21,35H,11-16,22-23H2,1-3H3. The molecule has 2 fully saturated rings. The first-order valence-corrected chi connectivity index (χ1v) is 14.7. The molecular formula is C34H38N4O5. The molecule has 224 valence electrons. The van der Waals surface area contributed by atoms with Gasteiger partial charge < -0.3 is 24.1 Å². The summed E-state index contributed by atoms with van der Waals surface area (Å²) in [4.78, 5) is 37.2. The molecule has 0 atom stereocenters. The van der Waals surface area contributed by atoms with Gasteiger partial charge in [-0.15, -0.1) is 0 Å². The fraction of sp³-hybridized carbons (Fsp3) is 0.353. The van der Waals surface area contributed by atoms with Crippen LogP contribution in [0.2, 0.25) is 0 Å². The number of nitrogens with one attached hydrogen (secondary N) is 1. The number of carbonyl (C=O) groups is 2. The molecule has 2 aliphatic heterocycles. The molecule has 0 radical (unpaired) electrons. The molecule has 9 heteroatoms. The SMILES string of the molecule is COc1cccc(CN2C(=O)N(CCc3c[nH]c4ccccc34)C3(CCN(Cc4cc(OC)cc(OC)c4)CC3)C2=O)c1. The molecule has 3 heterocycles. The Balaban J connectivity index is 1.24. The van der Waals surface area contributed by atoms with Gasteiger partial charge in [-0.2, -0.15) is 0 Å². The third-order valence-electron chi connectivity index (χ3n) is 8.88. The van der Waals surface area contributed by atoms with E-state index in [1.54, 1.807) is 21.3 Å². The van der Waals surface area contributed by atoms with E-state index in [0.717, 1.165) is 39.1 Å². The molecule has 1 aromatic heterocycles. The third-order valence-corrected chi connectivity index (χ3v) is 8.88. The van der Waals surface area contributed by atoms with Crippen molar-refractivity contribution in [3.63, 3.8) is 0 Å². The second-order valence-corrected chi connectivity index (χ2v) is 11.3. The number of likely N-dealkylation sites (tertiary alicyclic amines) is 1. The summed E-state index contributed by atoms with van der Waals surface area (Å²) < 4.78 is 16.3. The lowest BCUT2D eigenvalue weighted by molar-refractivity contribution is -0.136. The van der Waals surface area contributed by atoms with Gasteiger partial charge in [-0.05, 0) is 66.3 Å². The van der Waals surface area contributed by atoms with Gasteiger partial charge in [-0.25, -0.2) is 4.79 Å². The Morgan fingerprint density at radius 1 is 0.791 bits per heavy atom. The number of urea groups is 1. The number of hydrogen-bond acceptors (Lipinski definition) is 6. The molecule has 1 N–H and O–H groups in total. The normalized spacial score (nSPS) is 16.8. The lowest BCUT2D eigenvalue weighted by atomic mass is 9.85. The maximum atomic E-state index is 14.2. The van der Waals surface area contributed by atoms with Gasteiger partial charge in [0.05, 0.1) is 27.9 Å². The molecular weight excluding hydrogens is 544 g/mol. The smallest absolute Gasteiger partial charge is 0.328 e. The van der Waals surface area contributed by atoms with Crippen molar-refractivity contribution in [2.24, 2.45) is 0 Å². The van der Waals surface area contributed by atoms with Crippen molar-refractivity contribution in [2.75, 3.05) is 41.0 Å². The predicted molar refractivity (Wildman–Crippen MR) is 164 cm³/mol. The van der Waals surface area contributed by atoms with Crippen LogP contribution < -0.4 is 14.2 Å². The summed E-state index contributed by atoms with van der Waals surface area (Å²) in [6, 6.07) is 21.4. The van der Waals surface area contributed by atoms with Gasteiger partial charge in [0.1, 0.15) is 22.8 Å². The van der Waals surface area contributed by atoms with E-state index in [1.807, 2.05) is 71.8 Å². The largest absolute Gasteiger partial charge is 0.497 e. The number of imide groups is 1. The van der Waals surface area contributed by atoms with Crippen LogP contribution >= 0.6 is 0 Å². The minimum atomic E-state index is -0.870. The summed E-state index contributed by atoms with van der Waals surface area (Å²) in [6.07, 6.45) is 3.81. The average Bonchev–Trinajstić information content (AvgIpc) is 3.53. The van der Waals surface area contributed by atoms with Crippen LogP contribution in [0.1, 0.15) is 29.5 Å². The molecule has 2 saturated heterocycles. The second-order valence-electron chi connectivity index (χ2n) is 11.3. The van der Waals surface area contributed by atoms with Gasteiger partial charge in [0.15, 0.2) is 0 Å². The van der Waals surface area contributed by atoms with Crippen LogP contribution in [0, 0.1) is 0 Å². The molecule has 3 aromatic carbocycles. The van der Waals surface area contributed by atoms with E-state index in [4.69, 9.17) is 14.2 Å². The summed E-state index contributed by atoms with van der Waals surface area (Å²) in [5.41, 5.74) is 3.28. The Morgan fingerprint density at radius 3 is 2.21 bits per heavy atom. The van der Waals surface area contributed by atoms with Gasteiger partial charge in [-0.1, -0.05) is 30.3 Å². The Morgan fingerprint density at radius 2 is 1.49 bits per heavy atom. The van der Waals surface area contributed by atoms with Crippen LogP contribution in [0.15, 0.2) is 72.9 Å². The number of para-hydroxylation sites is 1. The van der Waals surface area contributed by atoms with Crippen LogP contribution in [0.5, 0.6) is 17.2 Å². The molecule has 0 bridgehead atoms. The van der Waals surface area contributed by atoms with E-state index in [9.17, 15) is 9.59 Å². The zero-order chi connectivity index (χ0) is 30.0. The maximum absolute atomic E-state index is 14.2. The highest BCUT2D eigenvalue weighted by molar-refractivity contribution is 6.07. The number of piperidine rings is 1. The van der Waals surface area contributed by atoms with Crippen LogP contribution in [0.4, 0.5) is 4.79 Å². The van der Waals surface area contributed by atoms with Crippen molar-refractivity contribution in [1.82, 2.24) is 19.7 Å². The summed E-state index contributed by atoms with van der Waals surface area (Å²) in [5.74, 6) is 2.08. The van der Waals surface area contributed by atoms with Crippen molar-refractivity contribution >= 4 is 22.8 Å². The number of H-pyrrole nitrogens is 1. The number of nitrogens with zero attached hydrogens (tertiary/aromatic N) is 3. The van der Waals surface area contributed by atoms with E-state index in [0.29, 0.717) is 51.2 Å². The first-order chi connectivity index (χ1) is 20.9. The van der Waals surface area contributed by atoms with Gasteiger partial charge in [-0.3, -0.25) is 14.6 Å². The summed E-state index contributed by atoms with van der Waals surface area (Å²) in [7, 11) is 4.91. The van der Waals surface area contributed by atoms with Gasteiger partial charge in [0.25, 0.3) is 5.91 Å². The number of aromatic amines is 1. The van der Waals surface area contributed by atoms with Crippen molar-refractivity contribution in [3.05, 3.63) is 89.6 Å². The van der Waals surface area contributed by atoms with E-state index in [-0.39, 0.29) is 18.5 Å². The van der Waals surface area contributed by atoms with Crippen molar-refractivity contribution < 1.29 is 23.8 Å². The molecule has 6 rings (SSSR count). The number of carbonyl (C=O) groups excluding carboxylic acids is 2. The number of rotatable bonds is 10. The monoisotopic (exact) mass is 582 g/mol. The van der Waals surface area contributed by atoms with Crippen LogP contribution in [-0.4, -0.2) is 78.1 Å². The van der Waals surface area contributed by atoms with Crippen molar-refractivity contribution in [2.45, 2.75) is 37.9 Å². The Hall–Kier alpha value is -4.50. The van der Waals surface area contributed by atoms with Crippen molar-refractivity contribution in [1.29, 1.82) is 0 Å². The molecule has 4 aromatic rings. The number of aromatic nitrogens is 1. The first-order valence-electron chi connectivity index (χ1n) is 14.7. The number of methoxy groups -OCH3 is 3. The molecule has 0 saturated carbocycles. The number of hydrogen-bond donors (Lipinski definition) is 1. The minimum Gasteiger partial charge on any atom is -0.497 e. The Labute approximate surface area is 251 Å². The summed E-state index contributed by atoms with van der Waals surface area (Å²) in [6.45, 7) is 2.76. The number of amides is 3. The minimum absolute atomic E-state index is 0.109. The molecule has 9 nitrogen and oxygen atoms in total. The zero-order valence-electron chi connectivity index (χ0n) is 25.0. The first kappa shape index (κ1) is 28.6. The second kappa shape index (κ2) is 12.0. The van der Waals surface area contributed by atoms with Crippen LogP contribution in [0.3, 0.4) is 0 Å². The third kappa shape index (κ3) is 5.52. The maximum Gasteiger partial charge on any atom is 0.328 e. The topological polar surface area (TPSA) is 87.3 Å². The fourth-order valence-corrected chi connectivity index (χ4v) is 6.54. The molecule has 0 unspecified atom stereocenters. The summed E-state index contributed by atoms with van der Waals surface area (Å²) >= 11 is 0. The van der Waals surface area contributed by atoms with Gasteiger partial charge >= 0.3 is 6.03 Å². The lowest BCUT2D eigenvalue weighted by Gasteiger charge is -2.42. The molecule has 0 aliphatic carbocycles. The van der Waals surface area contributed by atoms with Crippen LogP contribution in [-0.2, 0) is 24.3 Å². The lowest BCUT2D eigenvalue weighted by Crippen LogP contribution is -2.56. The molecule has 3 amide bonds. The highest BCUT2D eigenvalue weighted by atomic mass is 16.5. The molecule has 2 aliphatic rings. The van der Waals surface area contributed by atoms with Crippen molar-refractivity contribution in [3.8, 4) is 17.2 Å². The van der Waals surface area contributed by atoms with E-state index >= 15 is 0 Å². The quantitative estimate of drug-likeness (QED) is 0.258. The fourth-order valence-electron chi connectivity index (χ4n) is 6.54. The highest BCUT2D eigenvalue weighted by Gasteiger charge is 2.57. The number of fused-ring (bicyclic) bond motifs is 1. The Bertz CT molecular complexity index is 1600. The van der Waals surface area contributed by atoms with Gasteiger partial charge in [0, 0.05) is 49.3 Å². The van der Waals surface area contributed by atoms with E-state index in [2.05, 4.69) is 16.0 Å². The molecule has 1 spiro atoms. The predicted octanol–water partition coefficient (Wildman–Crippen LogP) is 5.24. The van der Waals surface area contributed by atoms with E-state index < -0.39 is 5.54 Å². The van der Waals surface area contributed by atoms with Crippen LogP contribution in [0.25, 0.3) is 10.9 Å². The molecule has 43 heavy (non-hydrogen) atoms. The van der Waals surface area contributed by atoms with Gasteiger partial charge in [0.2, 0.25) is 0 Å². The zero-order valence-corrected chi connectivity index (χ0v) is 25.0. The Kier molecular flexibility index (Phi) is 7.99. The number of benzene rings is 3. The highest BCUT2D eigenvalue weighted by Crippen LogP contribution is 2.39. The average molecular weight is 583 g/mol. The number of ether oxygens (including phenoxy) is 3. The van der Waals surface area contributed by atoms with E-state index in [1.165, 1.54) is 4.90 Å². The summed E-state index contributed by atoms with van der Waals surface area (Å²) in [5, 5.41) is 1.14.